The molecule has 45 heavy (non-hydrogen) atoms. The van der Waals surface area contributed by atoms with Crippen LogP contribution in [0.4, 0.5) is 4.79 Å². The number of nitrogens with zero attached hydrogens (tertiary/aromatic N) is 1. The molecule has 1 aromatic heterocycles. The second-order valence-corrected chi connectivity index (χ2v) is 12.2. The fourth-order valence-electron chi connectivity index (χ4n) is 5.08. The van der Waals surface area contributed by atoms with Gasteiger partial charge in [0.15, 0.2) is 6.10 Å². The molecule has 3 aromatic rings. The molecule has 5 rings (SSSR count). The van der Waals surface area contributed by atoms with Gasteiger partial charge in [0, 0.05) is 23.1 Å². The summed E-state index contributed by atoms with van der Waals surface area (Å²) < 4.78 is 16.4. The van der Waals surface area contributed by atoms with Gasteiger partial charge in [-0.3, -0.25) is 24.6 Å². The van der Waals surface area contributed by atoms with Gasteiger partial charge in [-0.15, -0.1) is 23.1 Å². The number of alkyl carbamates (subject to hydrolysis) is 1. The molecule has 0 bridgehead atoms. The maximum absolute atomic E-state index is 14.1. The van der Waals surface area contributed by atoms with E-state index in [0.717, 1.165) is 4.88 Å². The molecule has 2 aromatic carbocycles. The van der Waals surface area contributed by atoms with Crippen molar-refractivity contribution in [3.8, 4) is 0 Å². The maximum atomic E-state index is 14.1. The Morgan fingerprint density at radius 3 is 2.20 bits per heavy atom. The summed E-state index contributed by atoms with van der Waals surface area (Å²) in [5.41, 5.74) is -0.262. The number of carbonyl (C=O) groups is 5. The summed E-state index contributed by atoms with van der Waals surface area (Å²) in [6.45, 7) is 2.63. The number of nitrogens with one attached hydrogen (secondary N) is 2. The van der Waals surface area contributed by atoms with Crippen LogP contribution in [0.2, 0.25) is 0 Å². The van der Waals surface area contributed by atoms with Crippen molar-refractivity contribution >= 4 is 52.9 Å². The summed E-state index contributed by atoms with van der Waals surface area (Å²) in [6, 6.07) is 21.9. The van der Waals surface area contributed by atoms with Gasteiger partial charge in [-0.25, -0.2) is 9.59 Å². The summed E-state index contributed by atoms with van der Waals surface area (Å²) in [4.78, 5) is 67.7. The minimum atomic E-state index is -1.90. The highest BCUT2D eigenvalue weighted by atomic mass is 32.2. The van der Waals surface area contributed by atoms with Crippen molar-refractivity contribution in [3.05, 3.63) is 105 Å². The number of ether oxygens (including phenoxy) is 3. The summed E-state index contributed by atoms with van der Waals surface area (Å²) in [5, 5.41) is 6.15. The van der Waals surface area contributed by atoms with Gasteiger partial charge in [-0.1, -0.05) is 66.7 Å². The standard InChI is InChI=1S/C32H31N3O8S2/c1-3-41-31(40)34-32(33-25(37)17-24-15-10-16-44-24)29(39)35-26(23(18-42-20(2)36)19-45-30(32)35)28(38)43-27(21-11-6-4-7-12-21)22-13-8-5-9-14-22/h4-16,27,30H,3,17-19H2,1-2H3,(H,33,37)(H,34,40)/t30-,32+/m1/s1. The van der Waals surface area contributed by atoms with Crippen LogP contribution in [0.15, 0.2) is 89.4 Å². The first-order chi connectivity index (χ1) is 21.7. The van der Waals surface area contributed by atoms with Crippen LogP contribution in [0, 0.1) is 0 Å². The van der Waals surface area contributed by atoms with E-state index in [1.165, 1.54) is 34.9 Å². The molecule has 2 N–H and O–H groups in total. The van der Waals surface area contributed by atoms with E-state index in [-0.39, 0.29) is 31.1 Å². The van der Waals surface area contributed by atoms with E-state index in [2.05, 4.69) is 10.6 Å². The lowest BCUT2D eigenvalue weighted by Crippen LogP contribution is -2.86. The Kier molecular flexibility index (Phi) is 9.89. The van der Waals surface area contributed by atoms with Crippen molar-refractivity contribution < 1.29 is 38.2 Å². The van der Waals surface area contributed by atoms with Crippen molar-refractivity contribution in [2.24, 2.45) is 0 Å². The van der Waals surface area contributed by atoms with Gasteiger partial charge in [-0.2, -0.15) is 0 Å². The molecule has 2 aliphatic heterocycles. The van der Waals surface area contributed by atoms with Crippen LogP contribution >= 0.6 is 23.1 Å². The van der Waals surface area contributed by atoms with Crippen molar-refractivity contribution in [2.75, 3.05) is 19.0 Å². The van der Waals surface area contributed by atoms with Crippen LogP contribution in [0.5, 0.6) is 0 Å². The number of benzene rings is 2. The predicted molar refractivity (Wildman–Crippen MR) is 167 cm³/mol. The topological polar surface area (TPSA) is 140 Å². The largest absolute Gasteiger partial charge is 0.461 e. The highest BCUT2D eigenvalue weighted by molar-refractivity contribution is 8.00. The zero-order valence-electron chi connectivity index (χ0n) is 24.5. The monoisotopic (exact) mass is 649 g/mol. The molecular weight excluding hydrogens is 618 g/mol. The number of amides is 3. The van der Waals surface area contributed by atoms with E-state index in [0.29, 0.717) is 16.7 Å². The van der Waals surface area contributed by atoms with Gasteiger partial charge < -0.3 is 19.5 Å². The first kappa shape index (κ1) is 31.8. The molecule has 2 aliphatic rings. The van der Waals surface area contributed by atoms with Crippen molar-refractivity contribution in [2.45, 2.75) is 37.4 Å². The lowest BCUT2D eigenvalue weighted by Gasteiger charge is -2.56. The normalized spacial score (nSPS) is 18.9. The van der Waals surface area contributed by atoms with E-state index in [1.807, 2.05) is 66.0 Å². The highest BCUT2D eigenvalue weighted by Gasteiger charge is 2.67. The predicted octanol–water partition coefficient (Wildman–Crippen LogP) is 3.91. The van der Waals surface area contributed by atoms with Gasteiger partial charge in [0.05, 0.1) is 13.0 Å². The number of hydrogen-bond donors (Lipinski definition) is 2. The number of thioether (sulfide) groups is 1. The Hall–Kier alpha value is -4.62. The average molecular weight is 650 g/mol. The van der Waals surface area contributed by atoms with Crippen LogP contribution in [-0.2, 0) is 39.8 Å². The minimum absolute atomic E-state index is 0.0210. The second kappa shape index (κ2) is 14.0. The van der Waals surface area contributed by atoms with Crippen LogP contribution in [0.1, 0.15) is 36.0 Å². The number of β-lactam (4-membered cyclic amide) rings is 1. The zero-order chi connectivity index (χ0) is 32.0. The zero-order valence-corrected chi connectivity index (χ0v) is 26.2. The molecule has 0 saturated carbocycles. The van der Waals surface area contributed by atoms with E-state index in [9.17, 15) is 24.0 Å². The molecule has 234 valence electrons. The first-order valence-electron chi connectivity index (χ1n) is 14.1. The molecule has 2 atom stereocenters. The highest BCUT2D eigenvalue weighted by Crippen LogP contribution is 2.46. The Morgan fingerprint density at radius 1 is 0.956 bits per heavy atom. The van der Waals surface area contributed by atoms with E-state index < -0.39 is 47.0 Å². The lowest BCUT2D eigenvalue weighted by molar-refractivity contribution is -0.163. The molecule has 0 radical (unpaired) electrons. The number of fused-ring (bicyclic) bond motifs is 1. The molecule has 0 unspecified atom stereocenters. The molecule has 3 amide bonds. The van der Waals surface area contributed by atoms with E-state index >= 15 is 0 Å². The minimum Gasteiger partial charge on any atom is -0.461 e. The fourth-order valence-corrected chi connectivity index (χ4v) is 7.18. The van der Waals surface area contributed by atoms with Gasteiger partial charge >= 0.3 is 18.0 Å². The van der Waals surface area contributed by atoms with Crippen molar-refractivity contribution in [1.82, 2.24) is 15.5 Å². The molecule has 13 heteroatoms. The Bertz CT molecular complexity index is 1560. The third-order valence-electron chi connectivity index (χ3n) is 7.05. The van der Waals surface area contributed by atoms with Crippen LogP contribution in [0.25, 0.3) is 0 Å². The number of thiophene rings is 1. The molecular formula is C32H31N3O8S2. The van der Waals surface area contributed by atoms with E-state index in [1.54, 1.807) is 19.1 Å². The molecule has 0 aliphatic carbocycles. The van der Waals surface area contributed by atoms with Gasteiger partial charge in [0.2, 0.25) is 11.6 Å². The molecule has 11 nitrogen and oxygen atoms in total. The fraction of sp³-hybridized carbons (Fsp3) is 0.281. The quantitative estimate of drug-likeness (QED) is 0.137. The number of hydrogen-bond acceptors (Lipinski definition) is 10. The second-order valence-electron chi connectivity index (χ2n) is 10.1. The van der Waals surface area contributed by atoms with Crippen LogP contribution < -0.4 is 10.6 Å². The summed E-state index contributed by atoms with van der Waals surface area (Å²) in [7, 11) is 0. The third kappa shape index (κ3) is 6.89. The number of rotatable bonds is 11. The Balaban J connectivity index is 1.49. The summed E-state index contributed by atoms with van der Waals surface area (Å²) in [6.07, 6.45) is -1.75. The summed E-state index contributed by atoms with van der Waals surface area (Å²) >= 11 is 2.57. The lowest BCUT2D eigenvalue weighted by atomic mass is 9.94. The Morgan fingerprint density at radius 2 is 1.62 bits per heavy atom. The molecule has 3 heterocycles. The van der Waals surface area contributed by atoms with Gasteiger partial charge in [0.25, 0.3) is 5.91 Å². The van der Waals surface area contributed by atoms with Crippen molar-refractivity contribution in [3.63, 3.8) is 0 Å². The molecule has 1 saturated heterocycles. The first-order valence-corrected chi connectivity index (χ1v) is 16.1. The third-order valence-corrected chi connectivity index (χ3v) is 9.32. The van der Waals surface area contributed by atoms with Crippen LogP contribution in [-0.4, -0.2) is 64.7 Å². The maximum Gasteiger partial charge on any atom is 0.409 e. The average Bonchev–Trinajstić information content (AvgIpc) is 3.55. The van der Waals surface area contributed by atoms with Gasteiger partial charge in [-0.05, 0) is 29.5 Å². The summed E-state index contributed by atoms with van der Waals surface area (Å²) in [5.74, 6) is -2.53. The SMILES string of the molecule is CCOC(=O)N[C@@]1(NC(=O)Cc2cccs2)C(=O)N2C(C(=O)OC(c3ccccc3)c3ccccc3)=C(COC(C)=O)CS[C@@H]21. The Labute approximate surface area is 267 Å². The van der Waals surface area contributed by atoms with Crippen molar-refractivity contribution in [1.29, 1.82) is 0 Å². The number of esters is 2. The molecule has 1 fully saturated rings. The molecule has 0 spiro atoms. The smallest absolute Gasteiger partial charge is 0.409 e. The van der Waals surface area contributed by atoms with Gasteiger partial charge in [0.1, 0.15) is 17.7 Å². The van der Waals surface area contributed by atoms with Crippen LogP contribution in [0.3, 0.4) is 0 Å². The number of carbonyl (C=O) groups excluding carboxylic acids is 5. The van der Waals surface area contributed by atoms with E-state index in [4.69, 9.17) is 14.2 Å².